The van der Waals surface area contributed by atoms with Crippen molar-refractivity contribution in [3.63, 3.8) is 0 Å². The van der Waals surface area contributed by atoms with E-state index in [9.17, 15) is 14.7 Å². The fraction of sp³-hybridized carbons (Fsp3) is 0.286. The Bertz CT molecular complexity index is 1140. The van der Waals surface area contributed by atoms with Crippen molar-refractivity contribution in [2.45, 2.75) is 25.0 Å². The van der Waals surface area contributed by atoms with Crippen LogP contribution < -0.4 is 5.32 Å². The van der Waals surface area contributed by atoms with Crippen molar-refractivity contribution in [3.8, 4) is 0 Å². The molecule has 3 aromatic rings. The summed E-state index contributed by atoms with van der Waals surface area (Å²) in [6, 6.07) is 12.3. The average molecular weight is 392 g/mol. The summed E-state index contributed by atoms with van der Waals surface area (Å²) in [5, 5.41) is 23.0. The van der Waals surface area contributed by atoms with E-state index < -0.39 is 11.8 Å². The maximum atomic E-state index is 13.1. The summed E-state index contributed by atoms with van der Waals surface area (Å²) in [7, 11) is 0. The maximum Gasteiger partial charge on any atom is 0.411 e. The molecule has 0 spiro atoms. The molecule has 4 N–H and O–H groups in total. The van der Waals surface area contributed by atoms with E-state index in [1.54, 1.807) is 41.3 Å². The third-order valence-corrected chi connectivity index (χ3v) is 5.95. The fourth-order valence-corrected chi connectivity index (χ4v) is 4.25. The summed E-state index contributed by atoms with van der Waals surface area (Å²) < 4.78 is 0. The first-order valence-electron chi connectivity index (χ1n) is 9.61. The highest BCUT2D eigenvalue weighted by Crippen LogP contribution is 2.44. The molecule has 2 heterocycles. The number of carbonyl (C=O) groups excluding carboxylic acids is 1. The van der Waals surface area contributed by atoms with Gasteiger partial charge < -0.3 is 20.1 Å². The number of carbonyl (C=O) groups is 2. The van der Waals surface area contributed by atoms with Gasteiger partial charge >= 0.3 is 6.09 Å². The van der Waals surface area contributed by atoms with E-state index in [1.807, 2.05) is 6.07 Å². The lowest BCUT2D eigenvalue weighted by Gasteiger charge is -2.39. The number of aromatic nitrogens is 2. The van der Waals surface area contributed by atoms with Crippen LogP contribution in [0.15, 0.2) is 42.5 Å². The first-order chi connectivity index (χ1) is 14.0. The van der Waals surface area contributed by atoms with Crippen molar-refractivity contribution in [3.05, 3.63) is 59.2 Å². The molecule has 1 unspecified atom stereocenters. The maximum absolute atomic E-state index is 13.1. The molecule has 29 heavy (non-hydrogen) atoms. The summed E-state index contributed by atoms with van der Waals surface area (Å²) in [5.74, 6) is 0.316. The number of hydrogen-bond donors (Lipinski definition) is 4. The zero-order valence-corrected chi connectivity index (χ0v) is 15.6. The second-order valence-corrected chi connectivity index (χ2v) is 7.68. The molecule has 148 valence electrons. The number of aromatic amines is 1. The number of imidazole rings is 1. The molecule has 1 aliphatic carbocycles. The molecule has 0 radical (unpaired) electrons. The Hall–Kier alpha value is -3.39. The van der Waals surface area contributed by atoms with E-state index in [4.69, 9.17) is 5.11 Å². The second kappa shape index (κ2) is 6.31. The van der Waals surface area contributed by atoms with Gasteiger partial charge in [-0.25, -0.2) is 9.78 Å². The molecule has 8 heteroatoms. The van der Waals surface area contributed by atoms with E-state index in [0.717, 1.165) is 19.3 Å². The fourth-order valence-electron chi connectivity index (χ4n) is 4.25. The molecule has 8 nitrogen and oxygen atoms in total. The van der Waals surface area contributed by atoms with E-state index in [0.29, 0.717) is 40.2 Å². The van der Waals surface area contributed by atoms with Crippen molar-refractivity contribution in [2.75, 3.05) is 11.9 Å². The van der Waals surface area contributed by atoms with Crippen LogP contribution in [0.3, 0.4) is 0 Å². The Morgan fingerprint density at radius 2 is 2.07 bits per heavy atom. The van der Waals surface area contributed by atoms with Gasteiger partial charge in [-0.3, -0.25) is 10.1 Å². The minimum Gasteiger partial charge on any atom is -0.465 e. The summed E-state index contributed by atoms with van der Waals surface area (Å²) in [5.41, 5.74) is 1.13. The zero-order valence-electron chi connectivity index (χ0n) is 15.6. The van der Waals surface area contributed by atoms with Crippen molar-refractivity contribution >= 4 is 29.0 Å². The van der Waals surface area contributed by atoms with Crippen molar-refractivity contribution in [2.24, 2.45) is 5.92 Å². The molecule has 2 amide bonds. The summed E-state index contributed by atoms with van der Waals surface area (Å²) >= 11 is 0. The lowest BCUT2D eigenvalue weighted by Crippen LogP contribution is -2.47. The normalized spacial score (nSPS) is 21.3. The van der Waals surface area contributed by atoms with Gasteiger partial charge in [0.25, 0.3) is 5.91 Å². The monoisotopic (exact) mass is 392 g/mol. The smallest absolute Gasteiger partial charge is 0.411 e. The number of hydrogen-bond acceptors (Lipinski definition) is 4. The van der Waals surface area contributed by atoms with Gasteiger partial charge in [-0.15, -0.1) is 0 Å². The molecule has 0 saturated heterocycles. The topological polar surface area (TPSA) is 119 Å². The third-order valence-electron chi connectivity index (χ3n) is 5.95. The molecule has 2 aromatic carbocycles. The molecule has 1 saturated carbocycles. The zero-order chi connectivity index (χ0) is 20.2. The van der Waals surface area contributed by atoms with Crippen LogP contribution in [0.4, 0.5) is 10.7 Å². The first-order valence-corrected chi connectivity index (χ1v) is 9.61. The van der Waals surface area contributed by atoms with E-state index >= 15 is 0 Å². The van der Waals surface area contributed by atoms with Crippen LogP contribution in [0, 0.1) is 5.92 Å². The summed E-state index contributed by atoms with van der Waals surface area (Å²) in [6.07, 6.45) is 2.04. The Morgan fingerprint density at radius 3 is 2.79 bits per heavy atom. The van der Waals surface area contributed by atoms with Gasteiger partial charge in [-0.2, -0.15) is 0 Å². The SMILES string of the molecule is O=C(O)Nc1nc2cc(C3(O)c4ccccc4C(=O)N3CC3CCC3)ccc2[nH]1. The van der Waals surface area contributed by atoms with Crippen molar-refractivity contribution in [1.82, 2.24) is 14.9 Å². The van der Waals surface area contributed by atoms with E-state index in [1.165, 1.54) is 0 Å². The molecule has 2 aliphatic rings. The largest absolute Gasteiger partial charge is 0.465 e. The highest BCUT2D eigenvalue weighted by molar-refractivity contribution is 6.00. The van der Waals surface area contributed by atoms with Gasteiger partial charge in [0.1, 0.15) is 0 Å². The Kier molecular flexibility index (Phi) is 3.85. The number of anilines is 1. The van der Waals surface area contributed by atoms with E-state index in [2.05, 4.69) is 15.3 Å². The molecular weight excluding hydrogens is 372 g/mol. The molecule has 1 fully saturated rings. The molecular formula is C21H20N4O4. The number of H-pyrrole nitrogens is 1. The number of benzene rings is 2. The van der Waals surface area contributed by atoms with Gasteiger partial charge in [0.2, 0.25) is 5.95 Å². The molecule has 0 bridgehead atoms. The van der Waals surface area contributed by atoms with Crippen LogP contribution in [0.2, 0.25) is 0 Å². The predicted octanol–water partition coefficient (Wildman–Crippen LogP) is 3.10. The van der Waals surface area contributed by atoms with Crippen molar-refractivity contribution < 1.29 is 19.8 Å². The summed E-state index contributed by atoms with van der Waals surface area (Å²) in [4.78, 5) is 32.7. The number of carboxylic acid groups (broad SMARTS) is 1. The highest BCUT2D eigenvalue weighted by atomic mass is 16.4. The first kappa shape index (κ1) is 17.7. The number of amides is 2. The number of nitrogens with one attached hydrogen (secondary N) is 2. The minimum atomic E-state index is -1.59. The number of aliphatic hydroxyl groups is 1. The summed E-state index contributed by atoms with van der Waals surface area (Å²) in [6.45, 7) is 0.494. The lowest BCUT2D eigenvalue weighted by atomic mass is 9.84. The standard InChI is InChI=1S/C21H20N4O4/c26-18-14-6-1-2-7-15(14)21(29,25(18)11-12-4-3-5-12)13-8-9-16-17(10-13)23-19(22-16)24-20(27)28/h1-2,6-10,12,29H,3-5,11H2,(H,27,28)(H2,22,23,24). The molecule has 1 aliphatic heterocycles. The van der Waals surface area contributed by atoms with Crippen LogP contribution in [-0.2, 0) is 5.72 Å². The Morgan fingerprint density at radius 1 is 1.28 bits per heavy atom. The average Bonchev–Trinajstić information content (AvgIpc) is 3.15. The van der Waals surface area contributed by atoms with Crippen LogP contribution in [0.5, 0.6) is 0 Å². The Balaban J connectivity index is 1.62. The van der Waals surface area contributed by atoms with Gasteiger partial charge in [0.05, 0.1) is 11.0 Å². The van der Waals surface area contributed by atoms with Gasteiger partial charge in [0, 0.05) is 23.2 Å². The van der Waals surface area contributed by atoms with Crippen LogP contribution in [-0.4, -0.2) is 43.6 Å². The highest BCUT2D eigenvalue weighted by Gasteiger charge is 2.50. The molecule has 5 rings (SSSR count). The predicted molar refractivity (Wildman–Crippen MR) is 106 cm³/mol. The minimum absolute atomic E-state index is 0.103. The molecule has 1 aromatic heterocycles. The van der Waals surface area contributed by atoms with Gasteiger partial charge in [-0.1, -0.05) is 30.7 Å². The number of rotatable bonds is 4. The van der Waals surface area contributed by atoms with Gasteiger partial charge in [0.15, 0.2) is 5.72 Å². The quantitative estimate of drug-likeness (QED) is 0.544. The lowest BCUT2D eigenvalue weighted by molar-refractivity contribution is -0.0603. The van der Waals surface area contributed by atoms with Crippen LogP contribution in [0.25, 0.3) is 11.0 Å². The van der Waals surface area contributed by atoms with Gasteiger partial charge in [-0.05, 0) is 37.0 Å². The van der Waals surface area contributed by atoms with Crippen LogP contribution >= 0.6 is 0 Å². The van der Waals surface area contributed by atoms with Crippen LogP contribution in [0.1, 0.15) is 40.7 Å². The third kappa shape index (κ3) is 2.67. The van der Waals surface area contributed by atoms with E-state index in [-0.39, 0.29) is 11.9 Å². The Labute approximate surface area is 166 Å². The number of nitrogens with zero attached hydrogens (tertiary/aromatic N) is 2. The molecule has 1 atom stereocenters. The second-order valence-electron chi connectivity index (χ2n) is 7.68. The number of fused-ring (bicyclic) bond motifs is 2. The van der Waals surface area contributed by atoms with Crippen molar-refractivity contribution in [1.29, 1.82) is 0 Å².